The summed E-state index contributed by atoms with van der Waals surface area (Å²) >= 11 is 1.79. The average Bonchev–Trinajstić information content (AvgIpc) is 3.13. The Morgan fingerprint density at radius 1 is 1.11 bits per heavy atom. The van der Waals surface area contributed by atoms with Crippen molar-refractivity contribution in [3.63, 3.8) is 0 Å². The van der Waals surface area contributed by atoms with Crippen molar-refractivity contribution in [1.29, 1.82) is 0 Å². The van der Waals surface area contributed by atoms with Crippen LogP contribution in [0.3, 0.4) is 0 Å². The molecule has 1 aliphatic heterocycles. The van der Waals surface area contributed by atoms with Crippen molar-refractivity contribution in [2.45, 2.75) is 33.2 Å². The SMILES string of the molecule is Cc1cc(C)cc(NC(=O)C(=O)NCC2CCN(Cc3cccs3)CC2)c1. The van der Waals surface area contributed by atoms with E-state index in [2.05, 4.69) is 33.0 Å². The molecule has 1 saturated heterocycles. The molecule has 0 aliphatic carbocycles. The zero-order valence-electron chi connectivity index (χ0n) is 16.0. The van der Waals surface area contributed by atoms with E-state index in [1.165, 1.54) is 4.88 Å². The summed E-state index contributed by atoms with van der Waals surface area (Å²) in [6, 6.07) is 10.0. The number of carbonyl (C=O) groups is 2. The molecule has 0 bridgehead atoms. The van der Waals surface area contributed by atoms with Gasteiger partial charge in [0.2, 0.25) is 0 Å². The lowest BCUT2D eigenvalue weighted by molar-refractivity contribution is -0.136. The van der Waals surface area contributed by atoms with Gasteiger partial charge in [0.1, 0.15) is 0 Å². The highest BCUT2D eigenvalue weighted by atomic mass is 32.1. The van der Waals surface area contributed by atoms with Gasteiger partial charge in [-0.1, -0.05) is 12.1 Å². The van der Waals surface area contributed by atoms with E-state index in [9.17, 15) is 9.59 Å². The Hall–Kier alpha value is -2.18. The van der Waals surface area contributed by atoms with Crippen molar-refractivity contribution in [3.05, 3.63) is 51.7 Å². The number of rotatable bonds is 5. The predicted molar refractivity (Wildman–Crippen MR) is 110 cm³/mol. The molecule has 2 amide bonds. The topological polar surface area (TPSA) is 61.4 Å². The fourth-order valence-corrected chi connectivity index (χ4v) is 4.27. The highest BCUT2D eigenvalue weighted by Crippen LogP contribution is 2.20. The van der Waals surface area contributed by atoms with E-state index >= 15 is 0 Å². The molecule has 1 aliphatic rings. The highest BCUT2D eigenvalue weighted by molar-refractivity contribution is 7.09. The van der Waals surface area contributed by atoms with Gasteiger partial charge in [0, 0.05) is 23.7 Å². The van der Waals surface area contributed by atoms with E-state index < -0.39 is 11.8 Å². The molecule has 0 unspecified atom stereocenters. The second-order valence-electron chi connectivity index (χ2n) is 7.34. The van der Waals surface area contributed by atoms with Crippen molar-refractivity contribution in [1.82, 2.24) is 10.2 Å². The lowest BCUT2D eigenvalue weighted by atomic mass is 9.97. The van der Waals surface area contributed by atoms with Crippen LogP contribution in [-0.4, -0.2) is 36.3 Å². The van der Waals surface area contributed by atoms with Gasteiger partial charge in [-0.2, -0.15) is 0 Å². The highest BCUT2D eigenvalue weighted by Gasteiger charge is 2.21. The van der Waals surface area contributed by atoms with Crippen LogP contribution in [0.25, 0.3) is 0 Å². The first kappa shape index (κ1) is 19.6. The Labute approximate surface area is 164 Å². The summed E-state index contributed by atoms with van der Waals surface area (Å²) in [6.07, 6.45) is 2.09. The normalized spacial score (nSPS) is 15.5. The molecule has 2 aromatic rings. The number of anilines is 1. The molecule has 2 N–H and O–H groups in total. The third-order valence-electron chi connectivity index (χ3n) is 4.90. The smallest absolute Gasteiger partial charge is 0.313 e. The number of nitrogens with zero attached hydrogens (tertiary/aromatic N) is 1. The van der Waals surface area contributed by atoms with Crippen LogP contribution >= 0.6 is 11.3 Å². The number of hydrogen-bond acceptors (Lipinski definition) is 4. The van der Waals surface area contributed by atoms with Gasteiger partial charge in [0.15, 0.2) is 0 Å². The molecule has 0 spiro atoms. The van der Waals surface area contributed by atoms with Gasteiger partial charge in [0.05, 0.1) is 0 Å². The second-order valence-corrected chi connectivity index (χ2v) is 8.37. The molecule has 6 heteroatoms. The molecule has 1 aromatic heterocycles. The zero-order valence-corrected chi connectivity index (χ0v) is 16.8. The van der Waals surface area contributed by atoms with Crippen LogP contribution in [0.5, 0.6) is 0 Å². The van der Waals surface area contributed by atoms with Gasteiger partial charge in [-0.3, -0.25) is 14.5 Å². The molecule has 27 heavy (non-hydrogen) atoms. The van der Waals surface area contributed by atoms with E-state index in [0.717, 1.165) is 43.6 Å². The van der Waals surface area contributed by atoms with Crippen molar-refractivity contribution in [3.8, 4) is 0 Å². The van der Waals surface area contributed by atoms with Gasteiger partial charge in [-0.15, -0.1) is 11.3 Å². The number of likely N-dealkylation sites (tertiary alicyclic amines) is 1. The summed E-state index contributed by atoms with van der Waals surface area (Å²) in [5.74, 6) is -0.729. The van der Waals surface area contributed by atoms with Crippen molar-refractivity contribution >= 4 is 28.8 Å². The van der Waals surface area contributed by atoms with Crippen LogP contribution < -0.4 is 10.6 Å². The van der Waals surface area contributed by atoms with Crippen LogP contribution in [0.2, 0.25) is 0 Å². The maximum Gasteiger partial charge on any atom is 0.313 e. The first-order valence-electron chi connectivity index (χ1n) is 9.42. The third kappa shape index (κ3) is 5.91. The number of benzene rings is 1. The molecule has 0 atom stereocenters. The first-order valence-corrected chi connectivity index (χ1v) is 10.3. The van der Waals surface area contributed by atoms with Gasteiger partial charge < -0.3 is 10.6 Å². The largest absolute Gasteiger partial charge is 0.348 e. The molecule has 144 valence electrons. The molecule has 0 radical (unpaired) electrons. The van der Waals surface area contributed by atoms with Gasteiger partial charge >= 0.3 is 11.8 Å². The summed E-state index contributed by atoms with van der Waals surface area (Å²) in [5, 5.41) is 7.59. The zero-order chi connectivity index (χ0) is 19.2. The molecular formula is C21H27N3O2S. The Balaban J connectivity index is 1.39. The molecule has 5 nitrogen and oxygen atoms in total. The van der Waals surface area contributed by atoms with Crippen LogP contribution in [0.1, 0.15) is 28.8 Å². The minimum Gasteiger partial charge on any atom is -0.348 e. The van der Waals surface area contributed by atoms with E-state index in [4.69, 9.17) is 0 Å². The number of carbonyl (C=O) groups excluding carboxylic acids is 2. The lowest BCUT2D eigenvalue weighted by Crippen LogP contribution is -2.41. The fraction of sp³-hybridized carbons (Fsp3) is 0.429. The number of aryl methyl sites for hydroxylation is 2. The average molecular weight is 386 g/mol. The van der Waals surface area contributed by atoms with Crippen LogP contribution in [0.4, 0.5) is 5.69 Å². The van der Waals surface area contributed by atoms with Crippen molar-refractivity contribution < 1.29 is 9.59 Å². The van der Waals surface area contributed by atoms with E-state index in [1.54, 1.807) is 11.3 Å². The number of hydrogen-bond donors (Lipinski definition) is 2. The Morgan fingerprint density at radius 3 is 2.44 bits per heavy atom. The van der Waals surface area contributed by atoms with E-state index in [0.29, 0.717) is 18.2 Å². The summed E-state index contributed by atoms with van der Waals surface area (Å²) in [4.78, 5) is 28.1. The van der Waals surface area contributed by atoms with E-state index in [1.807, 2.05) is 32.0 Å². The monoisotopic (exact) mass is 385 g/mol. The van der Waals surface area contributed by atoms with Gasteiger partial charge in [-0.05, 0) is 80.4 Å². The van der Waals surface area contributed by atoms with E-state index in [-0.39, 0.29) is 0 Å². The van der Waals surface area contributed by atoms with Crippen molar-refractivity contribution in [2.75, 3.05) is 25.0 Å². The summed E-state index contributed by atoms with van der Waals surface area (Å²) in [5.41, 5.74) is 2.77. The van der Waals surface area contributed by atoms with Crippen LogP contribution in [-0.2, 0) is 16.1 Å². The maximum absolute atomic E-state index is 12.1. The number of nitrogens with one attached hydrogen (secondary N) is 2. The molecule has 1 fully saturated rings. The second kappa shape index (κ2) is 9.15. The minimum atomic E-state index is -0.602. The minimum absolute atomic E-state index is 0.433. The standard InChI is InChI=1S/C21H27N3O2S/c1-15-10-16(2)12-18(11-15)23-21(26)20(25)22-13-17-5-7-24(8-6-17)14-19-4-3-9-27-19/h3-4,9-12,17H,5-8,13-14H2,1-2H3,(H,22,25)(H,23,26). The molecule has 0 saturated carbocycles. The maximum atomic E-state index is 12.1. The Bertz CT molecular complexity index is 760. The number of thiophene rings is 1. The van der Waals surface area contributed by atoms with Gasteiger partial charge in [-0.25, -0.2) is 0 Å². The summed E-state index contributed by atoms with van der Waals surface area (Å²) in [7, 11) is 0. The first-order chi connectivity index (χ1) is 13.0. The lowest BCUT2D eigenvalue weighted by Gasteiger charge is -2.31. The molecule has 1 aromatic carbocycles. The predicted octanol–water partition coefficient (Wildman–Crippen LogP) is 3.33. The Kier molecular flexibility index (Phi) is 6.63. The Morgan fingerprint density at radius 2 is 1.81 bits per heavy atom. The van der Waals surface area contributed by atoms with Crippen LogP contribution in [0, 0.1) is 19.8 Å². The molecule has 2 heterocycles. The number of piperidine rings is 1. The van der Waals surface area contributed by atoms with Crippen molar-refractivity contribution in [2.24, 2.45) is 5.92 Å². The number of amides is 2. The molecule has 3 rings (SSSR count). The van der Waals surface area contributed by atoms with Crippen LogP contribution in [0.15, 0.2) is 35.7 Å². The summed E-state index contributed by atoms with van der Waals surface area (Å²) in [6.45, 7) is 7.57. The fourth-order valence-electron chi connectivity index (χ4n) is 3.52. The quantitative estimate of drug-likeness (QED) is 0.776. The third-order valence-corrected chi connectivity index (χ3v) is 5.76. The summed E-state index contributed by atoms with van der Waals surface area (Å²) < 4.78 is 0. The molecular weight excluding hydrogens is 358 g/mol. The van der Waals surface area contributed by atoms with Gasteiger partial charge in [0.25, 0.3) is 0 Å².